The van der Waals surface area contributed by atoms with E-state index in [1.54, 1.807) is 17.1 Å². The van der Waals surface area contributed by atoms with E-state index < -0.39 is 0 Å². The van der Waals surface area contributed by atoms with E-state index in [0.29, 0.717) is 16.8 Å². The molecule has 1 saturated carbocycles. The Balaban J connectivity index is 2.06. The summed E-state index contributed by atoms with van der Waals surface area (Å²) >= 11 is 5.81. The molecule has 0 unspecified atom stereocenters. The van der Waals surface area contributed by atoms with Gasteiger partial charge in [0.25, 0.3) is 0 Å². The number of nitrogens with two attached hydrogens (primary N) is 1. The standard InChI is InChI=1S/C10H10ClN5/c11-7-4-13-16(5-7)9-3-8(6-1-2-6)14-10(12)15-9/h3-6H,1-2H2,(H2,12,14,15). The van der Waals surface area contributed by atoms with Gasteiger partial charge in [-0.1, -0.05) is 11.6 Å². The average Bonchev–Trinajstić information content (AvgIpc) is 3.01. The Morgan fingerprint density at radius 2 is 2.19 bits per heavy atom. The van der Waals surface area contributed by atoms with Gasteiger partial charge in [0.1, 0.15) is 0 Å². The quantitative estimate of drug-likeness (QED) is 0.861. The Morgan fingerprint density at radius 1 is 1.38 bits per heavy atom. The molecule has 1 fully saturated rings. The zero-order valence-corrected chi connectivity index (χ0v) is 9.22. The summed E-state index contributed by atoms with van der Waals surface area (Å²) in [4.78, 5) is 8.36. The van der Waals surface area contributed by atoms with Gasteiger partial charge in [0.05, 0.1) is 23.1 Å². The first-order valence-corrected chi connectivity index (χ1v) is 5.45. The van der Waals surface area contributed by atoms with Crippen LogP contribution in [-0.2, 0) is 0 Å². The fourth-order valence-corrected chi connectivity index (χ4v) is 1.74. The van der Waals surface area contributed by atoms with Gasteiger partial charge in [0, 0.05) is 12.0 Å². The SMILES string of the molecule is Nc1nc(C2CC2)cc(-n2cc(Cl)cn2)n1. The van der Waals surface area contributed by atoms with Crippen LogP contribution in [0.1, 0.15) is 24.5 Å². The van der Waals surface area contributed by atoms with E-state index in [-0.39, 0.29) is 5.95 Å². The molecule has 1 aliphatic carbocycles. The molecule has 0 aliphatic heterocycles. The van der Waals surface area contributed by atoms with Crippen molar-refractivity contribution in [3.63, 3.8) is 0 Å². The highest BCUT2D eigenvalue weighted by Gasteiger charge is 2.26. The van der Waals surface area contributed by atoms with Crippen molar-refractivity contribution in [1.29, 1.82) is 0 Å². The van der Waals surface area contributed by atoms with Crippen molar-refractivity contribution in [3.05, 3.63) is 29.2 Å². The van der Waals surface area contributed by atoms with Crippen LogP contribution in [-0.4, -0.2) is 19.7 Å². The normalized spacial score (nSPS) is 15.3. The number of hydrogen-bond donors (Lipinski definition) is 1. The van der Waals surface area contributed by atoms with E-state index in [1.807, 2.05) is 6.07 Å². The highest BCUT2D eigenvalue weighted by Crippen LogP contribution is 2.39. The van der Waals surface area contributed by atoms with Gasteiger partial charge in [0.2, 0.25) is 5.95 Å². The van der Waals surface area contributed by atoms with Crippen molar-refractivity contribution in [2.24, 2.45) is 0 Å². The maximum absolute atomic E-state index is 5.81. The van der Waals surface area contributed by atoms with Crippen LogP contribution in [0, 0.1) is 0 Å². The van der Waals surface area contributed by atoms with Crippen molar-refractivity contribution in [2.75, 3.05) is 5.73 Å². The summed E-state index contributed by atoms with van der Waals surface area (Å²) in [5, 5.41) is 4.66. The zero-order chi connectivity index (χ0) is 11.1. The van der Waals surface area contributed by atoms with Crippen molar-refractivity contribution < 1.29 is 0 Å². The number of halogens is 1. The molecule has 0 saturated heterocycles. The van der Waals surface area contributed by atoms with Gasteiger partial charge in [-0.15, -0.1) is 0 Å². The second kappa shape index (κ2) is 3.45. The minimum atomic E-state index is 0.283. The largest absolute Gasteiger partial charge is 0.368 e. The summed E-state index contributed by atoms with van der Waals surface area (Å²) in [6.07, 6.45) is 5.61. The molecule has 2 aromatic heterocycles. The highest BCUT2D eigenvalue weighted by molar-refractivity contribution is 6.30. The molecule has 0 atom stereocenters. The van der Waals surface area contributed by atoms with Gasteiger partial charge >= 0.3 is 0 Å². The molecule has 6 heteroatoms. The smallest absolute Gasteiger partial charge is 0.222 e. The van der Waals surface area contributed by atoms with Gasteiger partial charge in [0.15, 0.2) is 5.82 Å². The molecule has 2 aromatic rings. The molecule has 0 radical (unpaired) electrons. The van der Waals surface area contributed by atoms with Crippen molar-refractivity contribution in [2.45, 2.75) is 18.8 Å². The highest BCUT2D eigenvalue weighted by atomic mass is 35.5. The average molecular weight is 236 g/mol. The Kier molecular flexibility index (Phi) is 2.07. The molecule has 0 bridgehead atoms. The molecule has 1 aliphatic rings. The molecule has 0 amide bonds. The predicted molar refractivity (Wildman–Crippen MR) is 60.6 cm³/mol. The number of aromatic nitrogens is 4. The summed E-state index contributed by atoms with van der Waals surface area (Å²) in [5.74, 6) is 1.49. The first-order chi connectivity index (χ1) is 7.72. The van der Waals surface area contributed by atoms with Gasteiger partial charge in [-0.3, -0.25) is 0 Å². The van der Waals surface area contributed by atoms with Crippen LogP contribution >= 0.6 is 11.6 Å². The molecule has 2 heterocycles. The molecule has 0 aromatic carbocycles. The molecule has 2 N–H and O–H groups in total. The topological polar surface area (TPSA) is 69.6 Å². The molecule has 0 spiro atoms. The number of anilines is 1. The van der Waals surface area contributed by atoms with Crippen molar-refractivity contribution >= 4 is 17.5 Å². The maximum Gasteiger partial charge on any atom is 0.222 e. The lowest BCUT2D eigenvalue weighted by Gasteiger charge is -2.04. The Morgan fingerprint density at radius 3 is 2.81 bits per heavy atom. The first-order valence-electron chi connectivity index (χ1n) is 5.07. The molecule has 82 valence electrons. The third-order valence-electron chi connectivity index (χ3n) is 2.53. The van der Waals surface area contributed by atoms with Crippen molar-refractivity contribution in [1.82, 2.24) is 19.7 Å². The van der Waals surface area contributed by atoms with E-state index in [9.17, 15) is 0 Å². The minimum absolute atomic E-state index is 0.283. The van der Waals surface area contributed by atoms with E-state index in [1.165, 1.54) is 12.8 Å². The third kappa shape index (κ3) is 1.74. The van der Waals surface area contributed by atoms with Crippen LogP contribution in [0.4, 0.5) is 5.95 Å². The number of hydrogen-bond acceptors (Lipinski definition) is 4. The van der Waals surface area contributed by atoms with E-state index in [2.05, 4.69) is 15.1 Å². The van der Waals surface area contributed by atoms with Gasteiger partial charge in [-0.2, -0.15) is 10.1 Å². The van der Waals surface area contributed by atoms with Gasteiger partial charge in [-0.05, 0) is 12.8 Å². The van der Waals surface area contributed by atoms with Crippen LogP contribution in [0.15, 0.2) is 18.5 Å². The van der Waals surface area contributed by atoms with Gasteiger partial charge in [-0.25, -0.2) is 9.67 Å². The first kappa shape index (κ1) is 9.59. The monoisotopic (exact) mass is 235 g/mol. The Bertz CT molecular complexity index is 532. The fourth-order valence-electron chi connectivity index (χ4n) is 1.60. The summed E-state index contributed by atoms with van der Waals surface area (Å²) in [6.45, 7) is 0. The number of rotatable bonds is 2. The molecule has 16 heavy (non-hydrogen) atoms. The fraction of sp³-hybridized carbons (Fsp3) is 0.300. The van der Waals surface area contributed by atoms with Crippen molar-refractivity contribution in [3.8, 4) is 5.82 Å². The second-order valence-corrected chi connectivity index (χ2v) is 4.32. The molecular formula is C10H10ClN5. The van der Waals surface area contributed by atoms with Crippen LogP contribution in [0.2, 0.25) is 5.02 Å². The van der Waals surface area contributed by atoms with E-state index >= 15 is 0 Å². The van der Waals surface area contributed by atoms with Crippen LogP contribution < -0.4 is 5.73 Å². The molecular weight excluding hydrogens is 226 g/mol. The van der Waals surface area contributed by atoms with E-state index in [0.717, 1.165) is 5.69 Å². The van der Waals surface area contributed by atoms with Crippen LogP contribution in [0.5, 0.6) is 0 Å². The summed E-state index contributed by atoms with van der Waals surface area (Å²) in [5.41, 5.74) is 6.67. The van der Waals surface area contributed by atoms with E-state index in [4.69, 9.17) is 17.3 Å². The van der Waals surface area contributed by atoms with Gasteiger partial charge < -0.3 is 5.73 Å². The summed E-state index contributed by atoms with van der Waals surface area (Å²) in [6, 6.07) is 1.91. The molecule has 3 rings (SSSR count). The maximum atomic E-state index is 5.81. The predicted octanol–water partition coefficient (Wildman–Crippen LogP) is 1.78. The Labute approximate surface area is 97.3 Å². The zero-order valence-electron chi connectivity index (χ0n) is 8.47. The lowest BCUT2D eigenvalue weighted by molar-refractivity contribution is 0.831. The lowest BCUT2D eigenvalue weighted by atomic mass is 10.3. The third-order valence-corrected chi connectivity index (χ3v) is 2.73. The number of nitrogens with zero attached hydrogens (tertiary/aromatic N) is 4. The lowest BCUT2D eigenvalue weighted by Crippen LogP contribution is -2.05. The Hall–Kier alpha value is -1.62. The minimum Gasteiger partial charge on any atom is -0.368 e. The van der Waals surface area contributed by atoms with Crippen LogP contribution in [0.3, 0.4) is 0 Å². The summed E-state index contributed by atoms with van der Waals surface area (Å²) in [7, 11) is 0. The second-order valence-electron chi connectivity index (χ2n) is 3.89. The summed E-state index contributed by atoms with van der Waals surface area (Å²) < 4.78 is 1.60. The number of nitrogen functional groups attached to an aromatic ring is 1. The van der Waals surface area contributed by atoms with Crippen LogP contribution in [0.25, 0.3) is 5.82 Å². The molecule has 5 nitrogen and oxygen atoms in total.